The van der Waals surface area contributed by atoms with Gasteiger partial charge in [0.25, 0.3) is 0 Å². The number of nitrogens with one attached hydrogen (secondary N) is 1. The van der Waals surface area contributed by atoms with Crippen LogP contribution in [-0.2, 0) is 0 Å². The maximum atomic E-state index is 8.55. The molecule has 5 nitrogen and oxygen atoms in total. The molecule has 0 radical (unpaired) electrons. The normalized spacial score (nSPS) is 19.8. The SMILES string of the molecule is CC(CNCCCN(C)C1CCCCC1)C(N)=NO. The van der Waals surface area contributed by atoms with Gasteiger partial charge < -0.3 is 21.2 Å². The molecule has 0 aliphatic heterocycles. The molecule has 0 aromatic heterocycles. The van der Waals surface area contributed by atoms with E-state index in [-0.39, 0.29) is 5.92 Å². The molecule has 0 bridgehead atoms. The Balaban J connectivity index is 2.03. The van der Waals surface area contributed by atoms with Gasteiger partial charge in [-0.25, -0.2) is 0 Å². The van der Waals surface area contributed by atoms with Crippen LogP contribution in [0.4, 0.5) is 0 Å². The van der Waals surface area contributed by atoms with E-state index in [2.05, 4.69) is 22.4 Å². The monoisotopic (exact) mass is 270 g/mol. The van der Waals surface area contributed by atoms with Crippen molar-refractivity contribution < 1.29 is 5.21 Å². The molecule has 5 heteroatoms. The van der Waals surface area contributed by atoms with Crippen molar-refractivity contribution in [2.45, 2.75) is 51.5 Å². The van der Waals surface area contributed by atoms with Gasteiger partial charge in [-0.05, 0) is 39.4 Å². The molecule has 0 aromatic rings. The zero-order valence-corrected chi connectivity index (χ0v) is 12.4. The lowest BCUT2D eigenvalue weighted by Crippen LogP contribution is -2.36. The second-order valence-corrected chi connectivity index (χ2v) is 5.76. The van der Waals surface area contributed by atoms with Crippen molar-refractivity contribution in [2.24, 2.45) is 16.8 Å². The van der Waals surface area contributed by atoms with Gasteiger partial charge in [0.05, 0.1) is 0 Å². The van der Waals surface area contributed by atoms with Crippen LogP contribution >= 0.6 is 0 Å². The van der Waals surface area contributed by atoms with Gasteiger partial charge in [-0.1, -0.05) is 31.3 Å². The summed E-state index contributed by atoms with van der Waals surface area (Å²) in [6.45, 7) is 4.86. The molecule has 19 heavy (non-hydrogen) atoms. The Hall–Kier alpha value is -0.810. The predicted octanol–water partition coefficient (Wildman–Crippen LogP) is 1.61. The highest BCUT2D eigenvalue weighted by Crippen LogP contribution is 2.21. The van der Waals surface area contributed by atoms with Gasteiger partial charge in [-0.2, -0.15) is 0 Å². The van der Waals surface area contributed by atoms with Gasteiger partial charge in [0.2, 0.25) is 0 Å². The molecule has 112 valence electrons. The maximum Gasteiger partial charge on any atom is 0.143 e. The summed E-state index contributed by atoms with van der Waals surface area (Å²) in [5.74, 6) is 0.382. The quantitative estimate of drug-likeness (QED) is 0.206. The van der Waals surface area contributed by atoms with Crippen LogP contribution in [0.1, 0.15) is 45.4 Å². The van der Waals surface area contributed by atoms with E-state index >= 15 is 0 Å². The van der Waals surface area contributed by atoms with Crippen LogP contribution in [0.25, 0.3) is 0 Å². The molecule has 0 heterocycles. The first-order valence-electron chi connectivity index (χ1n) is 7.53. The minimum Gasteiger partial charge on any atom is -0.409 e. The number of amidine groups is 1. The van der Waals surface area contributed by atoms with Gasteiger partial charge in [0, 0.05) is 18.5 Å². The summed E-state index contributed by atoms with van der Waals surface area (Å²) in [7, 11) is 2.25. The first-order chi connectivity index (χ1) is 9.15. The highest BCUT2D eigenvalue weighted by atomic mass is 16.4. The molecule has 1 saturated carbocycles. The van der Waals surface area contributed by atoms with Crippen molar-refractivity contribution in [3.05, 3.63) is 0 Å². The van der Waals surface area contributed by atoms with E-state index < -0.39 is 0 Å². The van der Waals surface area contributed by atoms with Gasteiger partial charge in [0.15, 0.2) is 0 Å². The molecule has 1 aliphatic rings. The fraction of sp³-hybridized carbons (Fsp3) is 0.929. The van der Waals surface area contributed by atoms with Gasteiger partial charge in [-0.15, -0.1) is 0 Å². The summed E-state index contributed by atoms with van der Waals surface area (Å²) >= 11 is 0. The van der Waals surface area contributed by atoms with Crippen LogP contribution in [0, 0.1) is 5.92 Å². The summed E-state index contributed by atoms with van der Waals surface area (Å²) in [5.41, 5.74) is 5.53. The first-order valence-corrected chi connectivity index (χ1v) is 7.53. The highest BCUT2D eigenvalue weighted by Gasteiger charge is 2.17. The van der Waals surface area contributed by atoms with Gasteiger partial charge in [-0.3, -0.25) is 0 Å². The lowest BCUT2D eigenvalue weighted by Gasteiger charge is -2.31. The molecule has 1 unspecified atom stereocenters. The van der Waals surface area contributed by atoms with E-state index in [0.717, 1.165) is 32.1 Å². The fourth-order valence-electron chi connectivity index (χ4n) is 2.68. The summed E-state index contributed by atoms with van der Waals surface area (Å²) in [5, 5.41) is 14.9. The molecule has 4 N–H and O–H groups in total. The predicted molar refractivity (Wildman–Crippen MR) is 79.6 cm³/mol. The Morgan fingerprint density at radius 3 is 2.74 bits per heavy atom. The third-order valence-corrected chi connectivity index (χ3v) is 4.13. The number of hydrogen-bond donors (Lipinski definition) is 3. The smallest absolute Gasteiger partial charge is 0.143 e. The zero-order chi connectivity index (χ0) is 14.1. The average molecular weight is 270 g/mol. The molecule has 0 saturated heterocycles. The Bertz CT molecular complexity index is 264. The number of hydrogen-bond acceptors (Lipinski definition) is 4. The summed E-state index contributed by atoms with van der Waals surface area (Å²) in [4.78, 5) is 2.51. The first kappa shape index (κ1) is 16.2. The highest BCUT2D eigenvalue weighted by molar-refractivity contribution is 5.82. The van der Waals surface area contributed by atoms with Crippen LogP contribution in [0.3, 0.4) is 0 Å². The van der Waals surface area contributed by atoms with Crippen LogP contribution in [-0.4, -0.2) is 48.7 Å². The Morgan fingerprint density at radius 2 is 2.11 bits per heavy atom. The number of rotatable bonds is 8. The van der Waals surface area contributed by atoms with Crippen LogP contribution < -0.4 is 11.1 Å². The molecule has 0 aromatic carbocycles. The van der Waals surface area contributed by atoms with E-state index in [4.69, 9.17) is 10.9 Å². The van der Waals surface area contributed by atoms with Crippen molar-refractivity contribution in [1.82, 2.24) is 10.2 Å². The zero-order valence-electron chi connectivity index (χ0n) is 12.4. The van der Waals surface area contributed by atoms with E-state index in [9.17, 15) is 0 Å². The van der Waals surface area contributed by atoms with Crippen LogP contribution in [0.15, 0.2) is 5.16 Å². The third kappa shape index (κ3) is 6.25. The van der Waals surface area contributed by atoms with Gasteiger partial charge in [0.1, 0.15) is 5.84 Å². The molecular formula is C14H30N4O. The second kappa shape index (κ2) is 9.15. The van der Waals surface area contributed by atoms with E-state index in [1.165, 1.54) is 32.1 Å². The minimum absolute atomic E-state index is 0.0843. The lowest BCUT2D eigenvalue weighted by atomic mass is 9.94. The standard InChI is InChI=1S/C14H30N4O/c1-12(14(15)17-19)11-16-9-6-10-18(2)13-7-4-3-5-8-13/h12-13,16,19H,3-11H2,1-2H3,(H2,15,17). The summed E-state index contributed by atoms with van der Waals surface area (Å²) in [6, 6.07) is 0.796. The summed E-state index contributed by atoms with van der Waals surface area (Å²) in [6.07, 6.45) is 8.08. The number of nitrogens with two attached hydrogens (primary N) is 1. The molecule has 0 amide bonds. The van der Waals surface area contributed by atoms with Crippen molar-refractivity contribution in [3.63, 3.8) is 0 Å². The third-order valence-electron chi connectivity index (χ3n) is 4.13. The van der Waals surface area contributed by atoms with Crippen molar-refractivity contribution in [3.8, 4) is 0 Å². The fourth-order valence-corrected chi connectivity index (χ4v) is 2.68. The Kier molecular flexibility index (Phi) is 7.82. The van der Waals surface area contributed by atoms with Crippen LogP contribution in [0.5, 0.6) is 0 Å². The summed E-state index contributed by atoms with van der Waals surface area (Å²) < 4.78 is 0. The number of nitrogens with zero attached hydrogens (tertiary/aromatic N) is 2. The van der Waals surface area contributed by atoms with Crippen LogP contribution in [0.2, 0.25) is 0 Å². The molecule has 1 rings (SSSR count). The average Bonchev–Trinajstić information content (AvgIpc) is 2.46. The van der Waals surface area contributed by atoms with Gasteiger partial charge >= 0.3 is 0 Å². The van der Waals surface area contributed by atoms with E-state index in [0.29, 0.717) is 5.84 Å². The molecule has 0 spiro atoms. The largest absolute Gasteiger partial charge is 0.409 e. The Morgan fingerprint density at radius 1 is 1.42 bits per heavy atom. The van der Waals surface area contributed by atoms with Crippen molar-refractivity contribution in [1.29, 1.82) is 0 Å². The minimum atomic E-state index is 0.0843. The van der Waals surface area contributed by atoms with E-state index in [1.807, 2.05) is 6.92 Å². The number of oxime groups is 1. The molecule has 1 fully saturated rings. The molecule has 1 atom stereocenters. The van der Waals surface area contributed by atoms with Crippen molar-refractivity contribution in [2.75, 3.05) is 26.7 Å². The topological polar surface area (TPSA) is 73.9 Å². The molecule has 1 aliphatic carbocycles. The lowest BCUT2D eigenvalue weighted by molar-refractivity contribution is 0.189. The Labute approximate surface area is 117 Å². The van der Waals surface area contributed by atoms with Crippen molar-refractivity contribution >= 4 is 5.84 Å². The maximum absolute atomic E-state index is 8.55. The second-order valence-electron chi connectivity index (χ2n) is 5.76. The van der Waals surface area contributed by atoms with E-state index in [1.54, 1.807) is 0 Å². The molecular weight excluding hydrogens is 240 g/mol.